The molecule has 1 aliphatic rings. The average Bonchev–Trinajstić information content (AvgIpc) is 3.44. The molecular formula is C31H35Cl2N3O4S. The lowest BCUT2D eigenvalue weighted by Crippen LogP contribution is -2.54. The van der Waals surface area contributed by atoms with Gasteiger partial charge in [0.25, 0.3) is 0 Å². The third-order valence-electron chi connectivity index (χ3n) is 7.43. The van der Waals surface area contributed by atoms with E-state index in [2.05, 4.69) is 5.32 Å². The molecule has 0 unspecified atom stereocenters. The maximum atomic E-state index is 14.2. The fraction of sp³-hybridized carbons (Fsp3) is 0.355. The smallest absolute Gasteiger partial charge is 0.244 e. The first-order chi connectivity index (χ1) is 19.5. The highest BCUT2D eigenvalue weighted by Crippen LogP contribution is 2.29. The summed E-state index contributed by atoms with van der Waals surface area (Å²) in [4.78, 5) is 29.6. The highest BCUT2D eigenvalue weighted by atomic mass is 35.5. The molecular weight excluding hydrogens is 581 g/mol. The number of carbonyl (C=O) groups is 2. The van der Waals surface area contributed by atoms with E-state index in [1.54, 1.807) is 49.4 Å². The third-order valence-corrected chi connectivity index (χ3v) is 9.26. The van der Waals surface area contributed by atoms with Gasteiger partial charge < -0.3 is 10.2 Å². The van der Waals surface area contributed by atoms with Crippen LogP contribution in [-0.4, -0.2) is 50.0 Å². The number of sulfonamides is 1. The topological polar surface area (TPSA) is 86.8 Å². The van der Waals surface area contributed by atoms with E-state index in [9.17, 15) is 18.0 Å². The van der Waals surface area contributed by atoms with Crippen molar-refractivity contribution >= 4 is 50.7 Å². The van der Waals surface area contributed by atoms with Gasteiger partial charge in [-0.3, -0.25) is 13.9 Å². The number of benzene rings is 3. The summed E-state index contributed by atoms with van der Waals surface area (Å²) >= 11 is 13.1. The van der Waals surface area contributed by atoms with Gasteiger partial charge in [0.05, 0.1) is 11.9 Å². The summed E-state index contributed by atoms with van der Waals surface area (Å²) in [5.74, 6) is -0.837. The summed E-state index contributed by atoms with van der Waals surface area (Å²) in [6.07, 6.45) is 5.12. The number of aryl methyl sites for hydroxylation is 1. The van der Waals surface area contributed by atoms with Crippen LogP contribution in [0.5, 0.6) is 0 Å². The third kappa shape index (κ3) is 8.03. The minimum Gasteiger partial charge on any atom is -0.352 e. The number of nitrogens with one attached hydrogen (secondary N) is 1. The fourth-order valence-electron chi connectivity index (χ4n) is 5.21. The van der Waals surface area contributed by atoms with Crippen molar-refractivity contribution in [2.75, 3.05) is 17.1 Å². The molecule has 1 atom stereocenters. The van der Waals surface area contributed by atoms with Crippen LogP contribution < -0.4 is 9.62 Å². The highest BCUT2D eigenvalue weighted by molar-refractivity contribution is 7.92. The van der Waals surface area contributed by atoms with E-state index in [0.29, 0.717) is 26.9 Å². The van der Waals surface area contributed by atoms with Crippen molar-refractivity contribution < 1.29 is 18.0 Å². The van der Waals surface area contributed by atoms with Crippen LogP contribution in [-0.2, 0) is 32.6 Å². The molecule has 41 heavy (non-hydrogen) atoms. The van der Waals surface area contributed by atoms with Gasteiger partial charge in [0, 0.05) is 34.6 Å². The van der Waals surface area contributed by atoms with Gasteiger partial charge in [-0.1, -0.05) is 90.6 Å². The number of hydrogen-bond donors (Lipinski definition) is 1. The molecule has 7 nitrogen and oxygen atoms in total. The second-order valence-corrected chi connectivity index (χ2v) is 13.2. The first-order valence-corrected chi connectivity index (χ1v) is 16.2. The van der Waals surface area contributed by atoms with Gasteiger partial charge >= 0.3 is 0 Å². The molecule has 0 bridgehead atoms. The first kappa shape index (κ1) is 30.9. The van der Waals surface area contributed by atoms with Gasteiger partial charge in [-0.05, 0) is 49.1 Å². The van der Waals surface area contributed by atoms with Gasteiger partial charge in [0.2, 0.25) is 21.8 Å². The van der Waals surface area contributed by atoms with Crippen LogP contribution in [0.25, 0.3) is 0 Å². The summed E-state index contributed by atoms with van der Waals surface area (Å²) in [6, 6.07) is 20.6. The Morgan fingerprint density at radius 2 is 1.54 bits per heavy atom. The largest absolute Gasteiger partial charge is 0.352 e. The van der Waals surface area contributed by atoms with Crippen molar-refractivity contribution in [3.8, 4) is 0 Å². The molecule has 1 saturated carbocycles. The summed E-state index contributed by atoms with van der Waals surface area (Å²) in [5, 5.41) is 3.84. The SMILES string of the molecule is Cc1ccccc1N(CC(=O)N(Cc1c(Cl)cccc1Cl)[C@@H](Cc1ccccc1)C(=O)NC1CCCC1)S(C)(=O)=O. The van der Waals surface area contributed by atoms with E-state index in [1.165, 1.54) is 4.90 Å². The number of hydrogen-bond acceptors (Lipinski definition) is 4. The molecule has 10 heteroatoms. The molecule has 3 aromatic carbocycles. The summed E-state index contributed by atoms with van der Waals surface area (Å²) in [6.45, 7) is 1.22. The number of rotatable bonds is 11. The normalized spacial score (nSPS) is 14.4. The Bertz CT molecular complexity index is 1460. The maximum Gasteiger partial charge on any atom is 0.244 e. The Labute approximate surface area is 252 Å². The standard InChI is InChI=1S/C31H35Cl2N3O4S/c1-22-11-6-9-18-28(22)36(41(2,39)40)21-30(37)35(20-25-26(32)16-10-17-27(25)33)29(19-23-12-4-3-5-13-23)31(38)34-24-14-7-8-15-24/h3-6,9-13,16-18,24,29H,7-8,14-15,19-21H2,1-2H3,(H,34,38)/t29-/m0/s1. The number of nitrogens with zero attached hydrogens (tertiary/aromatic N) is 2. The average molecular weight is 617 g/mol. The van der Waals surface area contributed by atoms with Crippen LogP contribution in [0.3, 0.4) is 0 Å². The van der Waals surface area contributed by atoms with E-state index in [4.69, 9.17) is 23.2 Å². The predicted octanol–water partition coefficient (Wildman–Crippen LogP) is 5.77. The first-order valence-electron chi connectivity index (χ1n) is 13.6. The Morgan fingerprint density at radius 3 is 2.15 bits per heavy atom. The maximum absolute atomic E-state index is 14.2. The molecule has 0 saturated heterocycles. The zero-order valence-electron chi connectivity index (χ0n) is 23.2. The molecule has 0 aliphatic heterocycles. The van der Waals surface area contributed by atoms with Crippen LogP contribution in [0.2, 0.25) is 10.0 Å². The fourth-order valence-corrected chi connectivity index (χ4v) is 6.64. The molecule has 3 aromatic rings. The Balaban J connectivity index is 1.77. The highest BCUT2D eigenvalue weighted by Gasteiger charge is 2.35. The van der Waals surface area contributed by atoms with Crippen molar-refractivity contribution in [1.82, 2.24) is 10.2 Å². The Morgan fingerprint density at radius 1 is 0.927 bits per heavy atom. The van der Waals surface area contributed by atoms with Crippen LogP contribution in [0.4, 0.5) is 5.69 Å². The lowest BCUT2D eigenvalue weighted by molar-refractivity contribution is -0.140. The quantitative estimate of drug-likeness (QED) is 0.297. The van der Waals surface area contributed by atoms with Gasteiger partial charge in [0.1, 0.15) is 12.6 Å². The van der Waals surface area contributed by atoms with E-state index < -0.39 is 28.5 Å². The molecule has 0 radical (unpaired) electrons. The van der Waals surface area contributed by atoms with E-state index in [1.807, 2.05) is 30.3 Å². The molecule has 1 N–H and O–H groups in total. The Hall–Kier alpha value is -3.07. The minimum absolute atomic E-state index is 0.0288. The lowest BCUT2D eigenvalue weighted by atomic mass is 10.0. The molecule has 218 valence electrons. The monoisotopic (exact) mass is 615 g/mol. The van der Waals surface area contributed by atoms with Gasteiger partial charge in [0.15, 0.2) is 0 Å². The summed E-state index contributed by atoms with van der Waals surface area (Å²) in [7, 11) is -3.85. The molecule has 1 aliphatic carbocycles. The number of amides is 2. The van der Waals surface area contributed by atoms with Crippen LogP contribution in [0.1, 0.15) is 42.4 Å². The van der Waals surface area contributed by atoms with Crippen molar-refractivity contribution in [1.29, 1.82) is 0 Å². The second-order valence-electron chi connectivity index (χ2n) is 10.5. The lowest BCUT2D eigenvalue weighted by Gasteiger charge is -2.34. The van der Waals surface area contributed by atoms with E-state index in [0.717, 1.165) is 41.8 Å². The molecule has 1 fully saturated rings. The van der Waals surface area contributed by atoms with Crippen molar-refractivity contribution in [2.24, 2.45) is 0 Å². The van der Waals surface area contributed by atoms with Crippen LogP contribution in [0.15, 0.2) is 72.8 Å². The number of para-hydroxylation sites is 1. The molecule has 0 aromatic heterocycles. The summed E-state index contributed by atoms with van der Waals surface area (Å²) in [5.41, 5.74) is 2.44. The van der Waals surface area contributed by atoms with Gasteiger partial charge in [-0.25, -0.2) is 8.42 Å². The molecule has 4 rings (SSSR count). The number of anilines is 1. The predicted molar refractivity (Wildman–Crippen MR) is 165 cm³/mol. The minimum atomic E-state index is -3.85. The van der Waals surface area contributed by atoms with Crippen LogP contribution >= 0.6 is 23.2 Å². The zero-order valence-corrected chi connectivity index (χ0v) is 25.6. The molecule has 0 spiro atoms. The molecule has 2 amide bonds. The van der Waals surface area contributed by atoms with Gasteiger partial charge in [-0.2, -0.15) is 0 Å². The van der Waals surface area contributed by atoms with Gasteiger partial charge in [-0.15, -0.1) is 0 Å². The molecule has 0 heterocycles. The van der Waals surface area contributed by atoms with Crippen molar-refractivity contribution in [2.45, 2.75) is 57.7 Å². The van der Waals surface area contributed by atoms with E-state index >= 15 is 0 Å². The summed E-state index contributed by atoms with van der Waals surface area (Å²) < 4.78 is 27.0. The van der Waals surface area contributed by atoms with Crippen LogP contribution in [0, 0.1) is 6.92 Å². The van der Waals surface area contributed by atoms with E-state index in [-0.39, 0.29) is 24.9 Å². The second kappa shape index (κ2) is 13.7. The van der Waals surface area contributed by atoms with Crippen molar-refractivity contribution in [3.05, 3.63) is 99.5 Å². The number of carbonyl (C=O) groups excluding carboxylic acids is 2. The number of halogens is 2. The zero-order chi connectivity index (χ0) is 29.6. The van der Waals surface area contributed by atoms with Crippen molar-refractivity contribution in [3.63, 3.8) is 0 Å². The Kier molecular flexibility index (Phi) is 10.3.